The summed E-state index contributed by atoms with van der Waals surface area (Å²) in [4.78, 5) is 23.6. The maximum atomic E-state index is 13.9. The maximum Gasteiger partial charge on any atom is 0.336 e. The molecule has 2 aromatic carbocycles. The summed E-state index contributed by atoms with van der Waals surface area (Å²) in [5.74, 6) is -4.29. The lowest BCUT2D eigenvalue weighted by molar-refractivity contribution is 0.0651. The molecule has 11 heteroatoms. The molecule has 0 spiro atoms. The van der Waals surface area contributed by atoms with Gasteiger partial charge < -0.3 is 15.1 Å². The molecule has 0 bridgehead atoms. The topological polar surface area (TPSA) is 115 Å². The van der Waals surface area contributed by atoms with Gasteiger partial charge in [0, 0.05) is 32.2 Å². The Kier molecular flexibility index (Phi) is 5.53. The highest BCUT2D eigenvalue weighted by molar-refractivity contribution is 7.89. The number of piperazine rings is 1. The average Bonchev–Trinajstić information content (AvgIpc) is 2.69. The Bertz CT molecular complexity index is 1080. The Morgan fingerprint density at radius 1 is 0.862 bits per heavy atom. The van der Waals surface area contributed by atoms with Crippen molar-refractivity contribution in [1.29, 1.82) is 0 Å². The van der Waals surface area contributed by atoms with Crippen molar-refractivity contribution >= 4 is 27.6 Å². The van der Waals surface area contributed by atoms with Crippen molar-refractivity contribution in [2.75, 3.05) is 31.1 Å². The summed E-state index contributed by atoms with van der Waals surface area (Å²) in [6.45, 7) is 0.111. The summed E-state index contributed by atoms with van der Waals surface area (Å²) >= 11 is 0. The Morgan fingerprint density at radius 3 is 2.07 bits per heavy atom. The first-order valence-electron chi connectivity index (χ1n) is 8.42. The molecule has 1 fully saturated rings. The number of benzene rings is 2. The van der Waals surface area contributed by atoms with Gasteiger partial charge in [-0.05, 0) is 30.3 Å². The SMILES string of the molecule is O=C(O)c1ccc(S(=O)(=O)N2CCN(c3cc(F)ccc3F)CC2)cc1C(=O)O. The zero-order valence-corrected chi connectivity index (χ0v) is 15.7. The van der Waals surface area contributed by atoms with Crippen LogP contribution in [0.4, 0.5) is 14.5 Å². The Morgan fingerprint density at radius 2 is 1.48 bits per heavy atom. The number of sulfonamides is 1. The molecule has 0 saturated carbocycles. The van der Waals surface area contributed by atoms with Crippen molar-refractivity contribution in [3.05, 3.63) is 59.2 Å². The van der Waals surface area contributed by atoms with Crippen LogP contribution in [-0.4, -0.2) is 61.1 Å². The molecule has 2 N–H and O–H groups in total. The molecule has 0 unspecified atom stereocenters. The van der Waals surface area contributed by atoms with Crippen molar-refractivity contribution in [3.8, 4) is 0 Å². The number of halogens is 2. The van der Waals surface area contributed by atoms with Gasteiger partial charge in [-0.1, -0.05) is 0 Å². The van der Waals surface area contributed by atoms with Crippen LogP contribution in [0.15, 0.2) is 41.3 Å². The molecule has 1 aliphatic rings. The Labute approximate surface area is 164 Å². The second-order valence-corrected chi connectivity index (χ2v) is 8.24. The van der Waals surface area contributed by atoms with Crippen molar-refractivity contribution in [1.82, 2.24) is 4.31 Å². The molecule has 0 atom stereocenters. The van der Waals surface area contributed by atoms with Crippen molar-refractivity contribution < 1.29 is 37.0 Å². The fourth-order valence-electron chi connectivity index (χ4n) is 3.09. The van der Waals surface area contributed by atoms with E-state index in [0.717, 1.165) is 40.7 Å². The summed E-state index contributed by atoms with van der Waals surface area (Å²) in [7, 11) is -4.10. The van der Waals surface area contributed by atoms with E-state index in [1.165, 1.54) is 4.90 Å². The average molecular weight is 426 g/mol. The van der Waals surface area contributed by atoms with E-state index in [0.29, 0.717) is 0 Å². The van der Waals surface area contributed by atoms with Gasteiger partial charge >= 0.3 is 11.9 Å². The van der Waals surface area contributed by atoms with Crippen LogP contribution in [0.3, 0.4) is 0 Å². The van der Waals surface area contributed by atoms with E-state index in [1.54, 1.807) is 0 Å². The Balaban J connectivity index is 1.83. The number of rotatable bonds is 5. The number of nitrogens with zero attached hydrogens (tertiary/aromatic N) is 2. The highest BCUT2D eigenvalue weighted by atomic mass is 32.2. The van der Waals surface area contributed by atoms with Crippen LogP contribution in [0.2, 0.25) is 0 Å². The molecular formula is C18H16F2N2O6S. The van der Waals surface area contributed by atoms with Crippen LogP contribution in [0, 0.1) is 11.6 Å². The van der Waals surface area contributed by atoms with Gasteiger partial charge in [0.05, 0.1) is 21.7 Å². The minimum atomic E-state index is -4.10. The van der Waals surface area contributed by atoms with E-state index in [4.69, 9.17) is 5.11 Å². The summed E-state index contributed by atoms with van der Waals surface area (Å²) in [6.07, 6.45) is 0. The summed E-state index contributed by atoms with van der Waals surface area (Å²) < 4.78 is 54.1. The molecule has 0 aliphatic carbocycles. The van der Waals surface area contributed by atoms with E-state index in [-0.39, 0.29) is 36.8 Å². The van der Waals surface area contributed by atoms with E-state index in [1.807, 2.05) is 0 Å². The second kappa shape index (κ2) is 7.76. The highest BCUT2D eigenvalue weighted by Gasteiger charge is 2.31. The minimum Gasteiger partial charge on any atom is -0.478 e. The molecule has 0 amide bonds. The van der Waals surface area contributed by atoms with E-state index in [2.05, 4.69) is 0 Å². The van der Waals surface area contributed by atoms with Crippen molar-refractivity contribution in [2.45, 2.75) is 4.90 Å². The zero-order chi connectivity index (χ0) is 21.3. The number of hydrogen-bond donors (Lipinski definition) is 2. The van der Waals surface area contributed by atoms with Crippen LogP contribution >= 0.6 is 0 Å². The lowest BCUT2D eigenvalue weighted by atomic mass is 10.1. The van der Waals surface area contributed by atoms with Gasteiger partial charge in [-0.2, -0.15) is 4.31 Å². The third-order valence-electron chi connectivity index (χ3n) is 4.58. The molecule has 2 aromatic rings. The number of carbonyl (C=O) groups is 2. The van der Waals surface area contributed by atoms with Crippen LogP contribution in [0.25, 0.3) is 0 Å². The monoisotopic (exact) mass is 426 g/mol. The van der Waals surface area contributed by atoms with Crippen LogP contribution < -0.4 is 4.90 Å². The van der Waals surface area contributed by atoms with E-state index in [9.17, 15) is 31.9 Å². The van der Waals surface area contributed by atoms with Crippen LogP contribution in [0.1, 0.15) is 20.7 Å². The quantitative estimate of drug-likeness (QED) is 0.750. The Hall–Kier alpha value is -3.05. The first-order valence-corrected chi connectivity index (χ1v) is 9.86. The minimum absolute atomic E-state index is 0.0287. The van der Waals surface area contributed by atoms with E-state index >= 15 is 0 Å². The lowest BCUT2D eigenvalue weighted by Crippen LogP contribution is -2.49. The van der Waals surface area contributed by atoms with Gasteiger partial charge in [0.1, 0.15) is 11.6 Å². The normalized spacial score (nSPS) is 15.3. The highest BCUT2D eigenvalue weighted by Crippen LogP contribution is 2.25. The molecule has 154 valence electrons. The summed E-state index contributed by atoms with van der Waals surface area (Å²) in [5.41, 5.74) is -1.14. The molecule has 8 nitrogen and oxygen atoms in total. The maximum absolute atomic E-state index is 13.9. The third kappa shape index (κ3) is 4.05. The fraction of sp³-hybridized carbons (Fsp3) is 0.222. The first kappa shape index (κ1) is 20.7. The van der Waals surface area contributed by atoms with Crippen molar-refractivity contribution in [2.24, 2.45) is 0 Å². The fourth-order valence-corrected chi connectivity index (χ4v) is 4.54. The number of anilines is 1. The molecule has 1 aliphatic heterocycles. The number of carboxylic acid groups (broad SMARTS) is 2. The van der Waals surface area contributed by atoms with Gasteiger partial charge in [0.15, 0.2) is 0 Å². The molecule has 0 radical (unpaired) electrons. The molecule has 1 saturated heterocycles. The molecule has 0 aromatic heterocycles. The molecule has 29 heavy (non-hydrogen) atoms. The van der Waals surface area contributed by atoms with E-state index < -0.39 is 44.7 Å². The van der Waals surface area contributed by atoms with Gasteiger partial charge in [-0.25, -0.2) is 26.8 Å². The van der Waals surface area contributed by atoms with Gasteiger partial charge in [0.2, 0.25) is 10.0 Å². The number of aromatic carboxylic acids is 2. The number of carboxylic acids is 2. The molecule has 3 rings (SSSR count). The van der Waals surface area contributed by atoms with Crippen LogP contribution in [-0.2, 0) is 10.0 Å². The predicted octanol–water partition coefficient (Wildman–Crippen LogP) is 1.87. The number of hydrogen-bond acceptors (Lipinski definition) is 5. The first-order chi connectivity index (χ1) is 13.6. The van der Waals surface area contributed by atoms with Gasteiger partial charge in [-0.15, -0.1) is 0 Å². The zero-order valence-electron chi connectivity index (χ0n) is 14.9. The predicted molar refractivity (Wildman–Crippen MR) is 97.7 cm³/mol. The van der Waals surface area contributed by atoms with Gasteiger partial charge in [-0.3, -0.25) is 0 Å². The standard InChI is InChI=1S/C18H16F2N2O6S/c19-11-1-4-15(20)16(9-11)21-5-7-22(8-6-21)29(27,28)12-2-3-13(17(23)24)14(10-12)18(25)26/h1-4,9-10H,5-8H2,(H,23,24)(H,25,26). The van der Waals surface area contributed by atoms with Crippen LogP contribution in [0.5, 0.6) is 0 Å². The largest absolute Gasteiger partial charge is 0.478 e. The smallest absolute Gasteiger partial charge is 0.336 e. The molecular weight excluding hydrogens is 410 g/mol. The summed E-state index contributed by atoms with van der Waals surface area (Å²) in [6, 6.07) is 5.77. The summed E-state index contributed by atoms with van der Waals surface area (Å²) in [5, 5.41) is 18.2. The molecule has 1 heterocycles. The lowest BCUT2D eigenvalue weighted by Gasteiger charge is -2.35. The van der Waals surface area contributed by atoms with Gasteiger partial charge in [0.25, 0.3) is 0 Å². The third-order valence-corrected chi connectivity index (χ3v) is 6.47. The second-order valence-electron chi connectivity index (χ2n) is 6.30. The van der Waals surface area contributed by atoms with Crippen molar-refractivity contribution in [3.63, 3.8) is 0 Å².